The van der Waals surface area contributed by atoms with E-state index in [2.05, 4.69) is 20.9 Å². The molecule has 0 radical (unpaired) electrons. The third-order valence-electron chi connectivity index (χ3n) is 8.17. The van der Waals surface area contributed by atoms with Crippen LogP contribution < -0.4 is 16.0 Å². The van der Waals surface area contributed by atoms with E-state index in [-0.39, 0.29) is 29.5 Å². The van der Waals surface area contributed by atoms with Gasteiger partial charge in [0.05, 0.1) is 0 Å². The first kappa shape index (κ1) is 27.2. The lowest BCUT2D eigenvalue weighted by atomic mass is 9.74. The van der Waals surface area contributed by atoms with Gasteiger partial charge in [-0.05, 0) is 56.1 Å². The summed E-state index contributed by atoms with van der Waals surface area (Å²) in [5.41, 5.74) is -1.83. The Morgan fingerprint density at radius 3 is 2.59 bits per heavy atom. The molecule has 4 N–H and O–H groups in total. The van der Waals surface area contributed by atoms with Gasteiger partial charge in [0, 0.05) is 25.0 Å². The fourth-order valence-corrected chi connectivity index (χ4v) is 6.24. The quantitative estimate of drug-likeness (QED) is 0.391. The van der Waals surface area contributed by atoms with Crippen LogP contribution >= 0.6 is 0 Å². The van der Waals surface area contributed by atoms with Crippen molar-refractivity contribution in [2.75, 3.05) is 12.4 Å². The Morgan fingerprint density at radius 2 is 1.92 bits per heavy atom. The number of carbonyl (C=O) groups is 2. The summed E-state index contributed by atoms with van der Waals surface area (Å²) in [7, 11) is 1.64. The van der Waals surface area contributed by atoms with E-state index in [1.165, 1.54) is 43.1 Å². The lowest BCUT2D eigenvalue weighted by Crippen LogP contribution is -2.50. The highest BCUT2D eigenvalue weighted by atomic mass is 19.4. The van der Waals surface area contributed by atoms with Gasteiger partial charge in [0.1, 0.15) is 11.2 Å². The average Bonchev–Trinajstić information content (AvgIpc) is 3.06. The van der Waals surface area contributed by atoms with Gasteiger partial charge in [-0.3, -0.25) is 20.1 Å². The van der Waals surface area contributed by atoms with Crippen LogP contribution in [-0.2, 0) is 11.0 Å². The number of aromatic nitrogens is 1. The van der Waals surface area contributed by atoms with Gasteiger partial charge in [-0.25, -0.2) is 4.79 Å². The number of hydrogen-bond donors (Lipinski definition) is 4. The van der Waals surface area contributed by atoms with Gasteiger partial charge in [-0.2, -0.15) is 13.2 Å². The minimum atomic E-state index is -4.59. The molecule has 1 aromatic heterocycles. The molecule has 37 heavy (non-hydrogen) atoms. The number of nitrogens with zero attached hydrogens (tertiary/aromatic N) is 2. The SMILES string of the molecule is CN1C(=N)N[C@](CCC2CCCCC2)(C[C@H]2CCC[C@@H](NC(=O)Nc3ccnc(C(F)(F)F)c3)C2)C1=O. The van der Waals surface area contributed by atoms with Crippen molar-refractivity contribution in [2.24, 2.45) is 11.8 Å². The molecule has 3 atom stereocenters. The van der Waals surface area contributed by atoms with Gasteiger partial charge in [-0.15, -0.1) is 0 Å². The fraction of sp³-hybridized carbons (Fsp3) is 0.692. The van der Waals surface area contributed by atoms with E-state index in [4.69, 9.17) is 5.41 Å². The van der Waals surface area contributed by atoms with Gasteiger partial charge in [0.25, 0.3) is 5.91 Å². The predicted molar refractivity (Wildman–Crippen MR) is 134 cm³/mol. The molecular weight excluding hydrogens is 485 g/mol. The number of pyridine rings is 1. The van der Waals surface area contributed by atoms with Crippen LogP contribution in [0.1, 0.15) is 82.7 Å². The number of rotatable bonds is 7. The summed E-state index contributed by atoms with van der Waals surface area (Å²) in [6.07, 6.45) is 8.09. The Hall–Kier alpha value is -2.85. The molecule has 0 aromatic carbocycles. The normalized spacial score (nSPS) is 27.2. The zero-order valence-electron chi connectivity index (χ0n) is 21.3. The topological polar surface area (TPSA) is 110 Å². The van der Waals surface area contributed by atoms with Crippen molar-refractivity contribution in [2.45, 2.75) is 94.8 Å². The third kappa shape index (κ3) is 6.73. The minimum absolute atomic E-state index is 0.0242. The van der Waals surface area contributed by atoms with Crippen LogP contribution in [0.5, 0.6) is 0 Å². The summed E-state index contributed by atoms with van der Waals surface area (Å²) in [4.78, 5) is 30.6. The van der Waals surface area contributed by atoms with E-state index in [0.29, 0.717) is 25.2 Å². The lowest BCUT2D eigenvalue weighted by Gasteiger charge is -2.36. The summed E-state index contributed by atoms with van der Waals surface area (Å²) in [6.45, 7) is 0. The van der Waals surface area contributed by atoms with Gasteiger partial charge in [0.15, 0.2) is 5.96 Å². The first-order valence-corrected chi connectivity index (χ1v) is 13.3. The number of likely N-dealkylation sites (N-methyl/N-ethyl adjacent to an activating group) is 1. The molecule has 1 saturated heterocycles. The molecule has 1 aliphatic heterocycles. The van der Waals surface area contributed by atoms with E-state index in [0.717, 1.165) is 37.9 Å². The molecule has 3 aliphatic rings. The molecule has 2 heterocycles. The van der Waals surface area contributed by atoms with Crippen LogP contribution in [0.25, 0.3) is 0 Å². The Balaban J connectivity index is 1.36. The Kier molecular flexibility index (Phi) is 8.28. The molecule has 0 spiro atoms. The van der Waals surface area contributed by atoms with Gasteiger partial charge in [0.2, 0.25) is 0 Å². The molecule has 4 rings (SSSR count). The largest absolute Gasteiger partial charge is 0.433 e. The fourth-order valence-electron chi connectivity index (χ4n) is 6.24. The molecule has 0 unspecified atom stereocenters. The van der Waals surface area contributed by atoms with Crippen molar-refractivity contribution in [1.82, 2.24) is 20.5 Å². The lowest BCUT2D eigenvalue weighted by molar-refractivity contribution is -0.141. The van der Waals surface area contributed by atoms with Crippen LogP contribution in [-0.4, -0.2) is 46.4 Å². The van der Waals surface area contributed by atoms with E-state index in [1.54, 1.807) is 7.05 Å². The monoisotopic (exact) mass is 522 g/mol. The molecule has 2 aliphatic carbocycles. The van der Waals surface area contributed by atoms with Crippen LogP contribution in [0, 0.1) is 17.2 Å². The average molecular weight is 523 g/mol. The summed E-state index contributed by atoms with van der Waals surface area (Å²) >= 11 is 0. The van der Waals surface area contributed by atoms with Crippen molar-refractivity contribution in [3.8, 4) is 0 Å². The number of anilines is 1. The van der Waals surface area contributed by atoms with Gasteiger partial charge < -0.3 is 16.0 Å². The van der Waals surface area contributed by atoms with Crippen LogP contribution in [0.15, 0.2) is 18.3 Å². The molecule has 8 nitrogen and oxygen atoms in total. The van der Waals surface area contributed by atoms with Crippen molar-refractivity contribution in [3.63, 3.8) is 0 Å². The highest BCUT2D eigenvalue weighted by Gasteiger charge is 2.49. The second-order valence-corrected chi connectivity index (χ2v) is 10.9. The van der Waals surface area contributed by atoms with E-state index < -0.39 is 23.4 Å². The van der Waals surface area contributed by atoms with Gasteiger partial charge in [-0.1, -0.05) is 44.9 Å². The third-order valence-corrected chi connectivity index (χ3v) is 8.17. The number of nitrogens with one attached hydrogen (secondary N) is 4. The molecule has 3 amide bonds. The number of alkyl halides is 3. The van der Waals surface area contributed by atoms with E-state index in [9.17, 15) is 22.8 Å². The number of halogens is 3. The molecule has 11 heteroatoms. The van der Waals surface area contributed by atoms with Crippen LogP contribution in [0.3, 0.4) is 0 Å². The maximum absolute atomic E-state index is 13.3. The Bertz CT molecular complexity index is 997. The van der Waals surface area contributed by atoms with Gasteiger partial charge >= 0.3 is 12.2 Å². The Morgan fingerprint density at radius 1 is 1.19 bits per heavy atom. The van der Waals surface area contributed by atoms with E-state index >= 15 is 0 Å². The highest BCUT2D eigenvalue weighted by molar-refractivity contribution is 6.07. The molecule has 2 saturated carbocycles. The molecule has 204 valence electrons. The zero-order valence-corrected chi connectivity index (χ0v) is 21.3. The number of hydrogen-bond acceptors (Lipinski definition) is 4. The molecular formula is C26H37F3N6O2. The van der Waals surface area contributed by atoms with Crippen molar-refractivity contribution in [1.29, 1.82) is 5.41 Å². The summed E-state index contributed by atoms with van der Waals surface area (Å²) < 4.78 is 38.8. The first-order chi connectivity index (χ1) is 17.6. The molecule has 0 bridgehead atoms. The highest BCUT2D eigenvalue weighted by Crippen LogP contribution is 2.38. The zero-order chi connectivity index (χ0) is 26.6. The predicted octanol–water partition coefficient (Wildman–Crippen LogP) is 5.27. The summed E-state index contributed by atoms with van der Waals surface area (Å²) in [6, 6.07) is 1.42. The van der Waals surface area contributed by atoms with E-state index in [1.807, 2.05) is 0 Å². The van der Waals surface area contributed by atoms with Crippen molar-refractivity contribution < 1.29 is 22.8 Å². The Labute approximate surface area is 215 Å². The van der Waals surface area contributed by atoms with Crippen LogP contribution in [0.2, 0.25) is 0 Å². The number of guanidine groups is 1. The smallest absolute Gasteiger partial charge is 0.342 e. The summed E-state index contributed by atoms with van der Waals surface area (Å²) in [5, 5.41) is 16.8. The standard InChI is InChI=1S/C26H37F3N6O2/c1-35-22(36)25(34-23(35)30,12-10-17-6-3-2-4-7-17)16-18-8-5-9-19(14-18)32-24(37)33-20-11-13-31-21(15-20)26(27,28)29/h11,13,15,17-19H,2-10,12,14,16H2,1H3,(H2,30,34)(H2,31,32,33,37)/t18-,19+,25+/m0/s1. The van der Waals surface area contributed by atoms with Crippen molar-refractivity contribution in [3.05, 3.63) is 24.0 Å². The molecule has 3 fully saturated rings. The number of urea groups is 1. The number of amides is 3. The summed E-state index contributed by atoms with van der Waals surface area (Å²) in [5.74, 6) is 0.878. The maximum atomic E-state index is 13.3. The second kappa shape index (κ2) is 11.3. The molecule has 1 aromatic rings. The van der Waals surface area contributed by atoms with Crippen LogP contribution in [0.4, 0.5) is 23.7 Å². The minimum Gasteiger partial charge on any atom is -0.342 e. The second-order valence-electron chi connectivity index (χ2n) is 10.9. The maximum Gasteiger partial charge on any atom is 0.433 e. The first-order valence-electron chi connectivity index (χ1n) is 13.3. The number of carbonyl (C=O) groups excluding carboxylic acids is 2. The van der Waals surface area contributed by atoms with Crippen molar-refractivity contribution >= 4 is 23.6 Å².